The van der Waals surface area contributed by atoms with E-state index in [-0.39, 0.29) is 25.4 Å². The molecule has 4 aromatic rings. The number of fused-ring (bicyclic) bond motifs is 2. The van der Waals surface area contributed by atoms with Crippen molar-refractivity contribution < 1.29 is 23.4 Å². The van der Waals surface area contributed by atoms with Crippen molar-refractivity contribution in [3.63, 3.8) is 0 Å². The number of benzene rings is 1. The van der Waals surface area contributed by atoms with Crippen molar-refractivity contribution in [1.82, 2.24) is 19.7 Å². The Morgan fingerprint density at radius 1 is 1.37 bits per heavy atom. The molecule has 1 aromatic carbocycles. The number of carbonyl (C=O) groups is 1. The first kappa shape index (κ1) is 22.9. The third-order valence-corrected chi connectivity index (χ3v) is 6.80. The van der Waals surface area contributed by atoms with E-state index in [4.69, 9.17) is 9.72 Å². The number of nitrogens with zero attached hydrogens (tertiary/aromatic N) is 4. The van der Waals surface area contributed by atoms with E-state index in [0.717, 1.165) is 17.7 Å². The zero-order valence-electron chi connectivity index (χ0n) is 19.4. The first-order valence-electron chi connectivity index (χ1n) is 11.1. The number of carboxylic acid groups (broad SMARTS) is 1. The fourth-order valence-corrected chi connectivity index (χ4v) is 5.02. The van der Waals surface area contributed by atoms with Crippen molar-refractivity contribution in [2.45, 2.75) is 50.5 Å². The van der Waals surface area contributed by atoms with Crippen LogP contribution < -0.4 is 0 Å². The molecule has 10 heteroatoms. The highest BCUT2D eigenvalue weighted by Gasteiger charge is 2.46. The van der Waals surface area contributed by atoms with E-state index in [1.165, 1.54) is 13.0 Å². The van der Waals surface area contributed by atoms with Gasteiger partial charge in [0.1, 0.15) is 0 Å². The molecule has 0 spiro atoms. The molecule has 3 aromatic heterocycles. The molecule has 1 saturated heterocycles. The van der Waals surface area contributed by atoms with Gasteiger partial charge in [-0.15, -0.1) is 0 Å². The van der Waals surface area contributed by atoms with Crippen LogP contribution in [0.1, 0.15) is 50.8 Å². The van der Waals surface area contributed by atoms with Crippen LogP contribution in [0.25, 0.3) is 27.8 Å². The summed E-state index contributed by atoms with van der Waals surface area (Å²) in [6.45, 7) is 5.45. The molecule has 5 rings (SSSR count). The van der Waals surface area contributed by atoms with Gasteiger partial charge in [0.05, 0.1) is 29.9 Å². The number of aromatic nitrogens is 4. The van der Waals surface area contributed by atoms with Gasteiger partial charge >= 0.3 is 5.97 Å². The van der Waals surface area contributed by atoms with E-state index in [1.807, 2.05) is 19.9 Å². The van der Waals surface area contributed by atoms with Gasteiger partial charge in [-0.3, -0.25) is 5.10 Å². The first-order chi connectivity index (χ1) is 16.6. The Balaban J connectivity index is 1.89. The molecule has 0 radical (unpaired) electrons. The minimum absolute atomic E-state index is 0.128. The molecular weight excluding hydrogens is 456 g/mol. The Labute approximate surface area is 199 Å². The number of nitrogens with one attached hydrogen (secondary N) is 1. The molecule has 0 saturated carbocycles. The number of H-pyrrole nitrogens is 1. The van der Waals surface area contributed by atoms with Gasteiger partial charge < -0.3 is 14.4 Å². The third kappa shape index (κ3) is 3.54. The van der Waals surface area contributed by atoms with E-state index in [0.29, 0.717) is 33.4 Å². The van der Waals surface area contributed by atoms with Gasteiger partial charge in [-0.1, -0.05) is 13.8 Å². The Bertz CT molecular complexity index is 1530. The van der Waals surface area contributed by atoms with Crippen LogP contribution in [0.3, 0.4) is 0 Å². The van der Waals surface area contributed by atoms with Gasteiger partial charge in [0.25, 0.3) is 0 Å². The summed E-state index contributed by atoms with van der Waals surface area (Å²) >= 11 is 0. The summed E-state index contributed by atoms with van der Waals surface area (Å²) in [5.74, 6) is -3.40. The Hall–Kier alpha value is -3.84. The summed E-state index contributed by atoms with van der Waals surface area (Å²) in [6, 6.07) is 7.71. The molecule has 0 amide bonds. The average molecular weight is 479 g/mol. The predicted octanol–water partition coefficient (Wildman–Crippen LogP) is 4.72. The number of nitriles is 1. The topological polar surface area (TPSA) is 117 Å². The number of hydrogen-bond acceptors (Lipinski definition) is 5. The van der Waals surface area contributed by atoms with Gasteiger partial charge in [-0.2, -0.15) is 10.4 Å². The highest BCUT2D eigenvalue weighted by atomic mass is 19.2. The number of aromatic amines is 1. The van der Waals surface area contributed by atoms with Crippen molar-refractivity contribution in [3.8, 4) is 11.8 Å². The number of ether oxygens (including phenoxy) is 1. The lowest BCUT2D eigenvalue weighted by molar-refractivity contribution is -0.157. The van der Waals surface area contributed by atoms with Crippen LogP contribution in [0, 0.1) is 23.0 Å². The van der Waals surface area contributed by atoms with Crippen molar-refractivity contribution in [2.24, 2.45) is 0 Å². The minimum Gasteiger partial charge on any atom is -0.479 e. The highest BCUT2D eigenvalue weighted by Crippen LogP contribution is 2.47. The second-order valence-corrected chi connectivity index (χ2v) is 9.83. The van der Waals surface area contributed by atoms with Gasteiger partial charge in [-0.05, 0) is 31.5 Å². The van der Waals surface area contributed by atoms with E-state index in [2.05, 4.69) is 16.3 Å². The van der Waals surface area contributed by atoms with Crippen LogP contribution in [0.15, 0.2) is 30.5 Å². The van der Waals surface area contributed by atoms with Crippen LogP contribution in [-0.2, 0) is 14.9 Å². The monoisotopic (exact) mass is 479 g/mol. The van der Waals surface area contributed by atoms with Crippen molar-refractivity contribution in [1.29, 1.82) is 5.26 Å². The molecule has 1 aliphatic rings. The standard InChI is InChI=1S/C25H23F2N5O3/c1-24(2,6-7-28)21-19(14-10-25(3,23(33)34)35-12-14)20-18(8-13-11-29-31-22(13)30-20)32(21)15-4-5-16(26)17(27)9-15/h4-5,8-9,11,14H,6,10,12H2,1-3H3,(H,33,34)(H,29,30,31)/t14-,25+/m1/s1. The zero-order chi connectivity index (χ0) is 25.1. The lowest BCUT2D eigenvalue weighted by Crippen LogP contribution is -2.34. The van der Waals surface area contributed by atoms with Crippen LogP contribution in [0.2, 0.25) is 0 Å². The lowest BCUT2D eigenvalue weighted by atomic mass is 9.79. The van der Waals surface area contributed by atoms with Gasteiger partial charge in [-0.25, -0.2) is 18.6 Å². The summed E-state index contributed by atoms with van der Waals surface area (Å²) < 4.78 is 35.8. The van der Waals surface area contributed by atoms with Crippen molar-refractivity contribution >= 4 is 28.0 Å². The number of hydrogen-bond donors (Lipinski definition) is 2. The summed E-state index contributed by atoms with van der Waals surface area (Å²) in [6.07, 6.45) is 1.94. The quantitative estimate of drug-likeness (QED) is 0.428. The van der Waals surface area contributed by atoms with Crippen molar-refractivity contribution in [3.05, 3.63) is 53.4 Å². The molecule has 1 aliphatic heterocycles. The lowest BCUT2D eigenvalue weighted by Gasteiger charge is -2.28. The summed E-state index contributed by atoms with van der Waals surface area (Å²) in [7, 11) is 0. The van der Waals surface area contributed by atoms with E-state index >= 15 is 0 Å². The number of rotatable bonds is 5. The number of halogens is 2. The second kappa shape index (κ2) is 7.85. The van der Waals surface area contributed by atoms with E-state index in [1.54, 1.807) is 10.8 Å². The number of pyridine rings is 1. The predicted molar refractivity (Wildman–Crippen MR) is 123 cm³/mol. The maximum Gasteiger partial charge on any atom is 0.335 e. The fraction of sp³-hybridized carbons (Fsp3) is 0.360. The molecule has 180 valence electrons. The maximum atomic E-state index is 14.4. The second-order valence-electron chi connectivity index (χ2n) is 9.83. The van der Waals surface area contributed by atoms with Crippen LogP contribution in [0.5, 0.6) is 0 Å². The molecule has 35 heavy (non-hydrogen) atoms. The van der Waals surface area contributed by atoms with Crippen LogP contribution >= 0.6 is 0 Å². The van der Waals surface area contributed by atoms with Crippen LogP contribution in [-0.4, -0.2) is 43.0 Å². The maximum absolute atomic E-state index is 14.4. The van der Waals surface area contributed by atoms with Gasteiger partial charge in [0.2, 0.25) is 0 Å². The average Bonchev–Trinajstić information content (AvgIpc) is 3.50. The van der Waals surface area contributed by atoms with Crippen molar-refractivity contribution in [2.75, 3.05) is 6.61 Å². The molecule has 4 heterocycles. The molecule has 2 N–H and O–H groups in total. The van der Waals surface area contributed by atoms with Gasteiger partial charge in [0.15, 0.2) is 22.9 Å². The minimum atomic E-state index is -1.38. The largest absolute Gasteiger partial charge is 0.479 e. The molecular formula is C25H23F2N5O3. The zero-order valence-corrected chi connectivity index (χ0v) is 19.4. The summed E-state index contributed by atoms with van der Waals surface area (Å²) in [4.78, 5) is 16.7. The summed E-state index contributed by atoms with van der Waals surface area (Å²) in [5, 5.41) is 27.0. The summed E-state index contributed by atoms with van der Waals surface area (Å²) in [5.41, 5.74) is 1.36. The molecule has 0 unspecified atom stereocenters. The Kier molecular flexibility index (Phi) is 5.14. The van der Waals surface area contributed by atoms with E-state index < -0.39 is 28.6 Å². The van der Waals surface area contributed by atoms with E-state index in [9.17, 15) is 23.9 Å². The van der Waals surface area contributed by atoms with Gasteiger partial charge in [0, 0.05) is 46.2 Å². The molecule has 1 fully saturated rings. The highest BCUT2D eigenvalue weighted by molar-refractivity contribution is 5.94. The smallest absolute Gasteiger partial charge is 0.335 e. The third-order valence-electron chi connectivity index (χ3n) is 6.80. The first-order valence-corrected chi connectivity index (χ1v) is 11.1. The van der Waals surface area contributed by atoms with Crippen LogP contribution in [0.4, 0.5) is 8.78 Å². The molecule has 8 nitrogen and oxygen atoms in total. The molecule has 0 bridgehead atoms. The fourth-order valence-electron chi connectivity index (χ4n) is 5.02. The number of aliphatic carboxylic acids is 1. The number of carboxylic acids is 1. The Morgan fingerprint density at radius 2 is 2.14 bits per heavy atom. The SMILES string of the molecule is CC(C)(CC#N)c1c([C@H]2CO[C@](C)(C(=O)O)C2)c2nc3[nH]ncc3cc2n1-c1ccc(F)c(F)c1. The molecule has 0 aliphatic carbocycles. The Morgan fingerprint density at radius 3 is 2.80 bits per heavy atom. The molecule has 2 atom stereocenters. The normalized spacial score (nSPS) is 20.5.